The van der Waals surface area contributed by atoms with Gasteiger partial charge in [0.15, 0.2) is 11.9 Å². The summed E-state index contributed by atoms with van der Waals surface area (Å²) in [5.41, 5.74) is 0.712. The average molecular weight is 388 g/mol. The number of hydrogen-bond donors (Lipinski definition) is 0. The van der Waals surface area contributed by atoms with E-state index in [1.807, 2.05) is 0 Å². The molecule has 0 aromatic heterocycles. The molecule has 1 atom stereocenters. The van der Waals surface area contributed by atoms with Gasteiger partial charge in [0.05, 0.1) is 12.1 Å². The Morgan fingerprint density at radius 2 is 1.79 bits per heavy atom. The fourth-order valence-electron chi connectivity index (χ4n) is 2.47. The first-order valence-corrected chi connectivity index (χ1v) is 8.17. The molecule has 1 aliphatic rings. The highest BCUT2D eigenvalue weighted by atomic mass is 79.9. The Hall–Kier alpha value is -2.47. The van der Waals surface area contributed by atoms with E-state index in [1.54, 1.807) is 55.5 Å². The van der Waals surface area contributed by atoms with Crippen molar-refractivity contribution in [2.24, 2.45) is 0 Å². The van der Waals surface area contributed by atoms with Gasteiger partial charge in [0, 0.05) is 10.0 Å². The Kier molecular flexibility index (Phi) is 4.49. The summed E-state index contributed by atoms with van der Waals surface area (Å²) in [5.74, 6) is -1.01. The molecule has 0 bridgehead atoms. The number of carbonyl (C=O) groups excluding carboxylic acids is 3. The molecule has 3 rings (SSSR count). The maximum absolute atomic E-state index is 12.7. The number of fused-ring (bicyclic) bond motifs is 1. The Balaban J connectivity index is 1.91. The molecule has 0 radical (unpaired) electrons. The van der Waals surface area contributed by atoms with Crippen molar-refractivity contribution in [3.8, 4) is 5.75 Å². The number of carbonyl (C=O) groups is 3. The van der Waals surface area contributed by atoms with E-state index in [0.29, 0.717) is 11.3 Å². The Labute approximate surface area is 147 Å². The highest BCUT2D eigenvalue weighted by molar-refractivity contribution is 9.10. The molecule has 2 amide bonds. The summed E-state index contributed by atoms with van der Waals surface area (Å²) >= 11 is 3.30. The van der Waals surface area contributed by atoms with Gasteiger partial charge in [-0.05, 0) is 31.2 Å². The minimum absolute atomic E-state index is 0.277. The number of halogens is 1. The van der Waals surface area contributed by atoms with Crippen LogP contribution in [0.1, 0.15) is 27.6 Å². The fraction of sp³-hybridized carbons (Fsp3) is 0.167. The lowest BCUT2D eigenvalue weighted by molar-refractivity contribution is -0.134. The molecule has 1 aliphatic heterocycles. The highest BCUT2D eigenvalue weighted by Crippen LogP contribution is 2.25. The normalized spacial score (nSPS) is 17.1. The number of imide groups is 1. The third-order valence-electron chi connectivity index (χ3n) is 3.75. The minimum Gasteiger partial charge on any atom is -0.480 e. The van der Waals surface area contributed by atoms with Crippen LogP contribution in [0.2, 0.25) is 0 Å². The Morgan fingerprint density at radius 3 is 2.50 bits per heavy atom. The molecule has 2 aromatic rings. The molecule has 24 heavy (non-hydrogen) atoms. The topological polar surface area (TPSA) is 63.7 Å². The van der Waals surface area contributed by atoms with Gasteiger partial charge >= 0.3 is 0 Å². The van der Waals surface area contributed by atoms with Crippen molar-refractivity contribution in [2.75, 3.05) is 6.54 Å². The molecule has 6 heteroatoms. The summed E-state index contributed by atoms with van der Waals surface area (Å²) < 4.78 is 6.39. The second-order valence-corrected chi connectivity index (χ2v) is 6.33. The van der Waals surface area contributed by atoms with Crippen LogP contribution in [-0.4, -0.2) is 35.1 Å². The minimum atomic E-state index is -0.838. The van der Waals surface area contributed by atoms with Crippen LogP contribution in [0.5, 0.6) is 5.75 Å². The van der Waals surface area contributed by atoms with Crippen LogP contribution in [0, 0.1) is 0 Å². The van der Waals surface area contributed by atoms with Gasteiger partial charge in [0.2, 0.25) is 0 Å². The summed E-state index contributed by atoms with van der Waals surface area (Å²) in [7, 11) is 0. The van der Waals surface area contributed by atoms with Gasteiger partial charge in [-0.2, -0.15) is 0 Å². The van der Waals surface area contributed by atoms with Crippen LogP contribution in [-0.2, 0) is 4.79 Å². The number of Topliss-reactive ketones (excluding diaryl/α,β-unsaturated/α-hetero) is 1. The molecule has 0 saturated heterocycles. The maximum atomic E-state index is 12.7. The van der Waals surface area contributed by atoms with Gasteiger partial charge in [-0.15, -0.1) is 0 Å². The van der Waals surface area contributed by atoms with Crippen molar-refractivity contribution in [2.45, 2.75) is 13.0 Å². The van der Waals surface area contributed by atoms with E-state index in [2.05, 4.69) is 15.9 Å². The van der Waals surface area contributed by atoms with Gasteiger partial charge in [0.25, 0.3) is 11.8 Å². The SMILES string of the molecule is C[C@H]1Oc2ccccc2C(=O)N(CC(=O)c2ccc(Br)cc2)C1=O. The molecule has 122 valence electrons. The summed E-state index contributed by atoms with van der Waals surface area (Å²) in [5, 5.41) is 0. The first kappa shape index (κ1) is 16.4. The lowest BCUT2D eigenvalue weighted by Gasteiger charge is -2.19. The molecule has 1 heterocycles. The number of ether oxygens (including phenoxy) is 1. The first-order chi connectivity index (χ1) is 11.5. The third kappa shape index (κ3) is 3.10. The van der Waals surface area contributed by atoms with E-state index in [1.165, 1.54) is 0 Å². The first-order valence-electron chi connectivity index (χ1n) is 7.37. The zero-order valence-corrected chi connectivity index (χ0v) is 14.4. The third-order valence-corrected chi connectivity index (χ3v) is 4.28. The highest BCUT2D eigenvalue weighted by Gasteiger charge is 2.35. The molecule has 0 fully saturated rings. The summed E-state index contributed by atoms with van der Waals surface area (Å²) in [6, 6.07) is 13.4. The van der Waals surface area contributed by atoms with E-state index in [4.69, 9.17) is 4.74 Å². The molecular formula is C18H14BrNO4. The van der Waals surface area contributed by atoms with Gasteiger partial charge in [-0.25, -0.2) is 0 Å². The Morgan fingerprint density at radius 1 is 1.12 bits per heavy atom. The fourth-order valence-corrected chi connectivity index (χ4v) is 2.74. The predicted molar refractivity (Wildman–Crippen MR) is 91.0 cm³/mol. The van der Waals surface area contributed by atoms with Gasteiger partial charge in [-0.3, -0.25) is 19.3 Å². The lowest BCUT2D eigenvalue weighted by atomic mass is 10.1. The molecule has 0 spiro atoms. The number of rotatable bonds is 3. The molecule has 5 nitrogen and oxygen atoms in total. The summed E-state index contributed by atoms with van der Waals surface area (Å²) in [4.78, 5) is 38.5. The number of benzene rings is 2. The van der Waals surface area contributed by atoms with E-state index >= 15 is 0 Å². The Bertz CT molecular complexity index is 816. The van der Waals surface area contributed by atoms with Crippen LogP contribution in [0.4, 0.5) is 0 Å². The van der Waals surface area contributed by atoms with E-state index < -0.39 is 17.9 Å². The second-order valence-electron chi connectivity index (χ2n) is 5.42. The largest absolute Gasteiger partial charge is 0.480 e. The number of hydrogen-bond acceptors (Lipinski definition) is 4. The van der Waals surface area contributed by atoms with Crippen LogP contribution in [0.3, 0.4) is 0 Å². The number of nitrogens with zero attached hydrogens (tertiary/aromatic N) is 1. The molecule has 0 aliphatic carbocycles. The molecule has 0 N–H and O–H groups in total. The van der Waals surface area contributed by atoms with Crippen molar-refractivity contribution >= 4 is 33.5 Å². The van der Waals surface area contributed by atoms with Gasteiger partial charge in [0.1, 0.15) is 5.75 Å². The zero-order chi connectivity index (χ0) is 17.3. The van der Waals surface area contributed by atoms with Crippen LogP contribution >= 0.6 is 15.9 Å². The van der Waals surface area contributed by atoms with Crippen LogP contribution < -0.4 is 4.74 Å². The van der Waals surface area contributed by atoms with Crippen molar-refractivity contribution in [1.82, 2.24) is 4.90 Å². The zero-order valence-electron chi connectivity index (χ0n) is 12.9. The van der Waals surface area contributed by atoms with E-state index in [0.717, 1.165) is 9.37 Å². The van der Waals surface area contributed by atoms with Crippen molar-refractivity contribution in [3.05, 3.63) is 64.1 Å². The van der Waals surface area contributed by atoms with Crippen LogP contribution in [0.15, 0.2) is 53.0 Å². The quantitative estimate of drug-likeness (QED) is 0.599. The van der Waals surface area contributed by atoms with Crippen LogP contribution in [0.25, 0.3) is 0 Å². The number of para-hydroxylation sites is 1. The summed E-state index contributed by atoms with van der Waals surface area (Å²) in [6.45, 7) is 1.25. The average Bonchev–Trinajstić information content (AvgIpc) is 2.66. The van der Waals surface area contributed by atoms with Gasteiger partial charge < -0.3 is 4.74 Å². The number of amides is 2. The molecule has 0 saturated carbocycles. The van der Waals surface area contributed by atoms with Crippen molar-refractivity contribution in [3.63, 3.8) is 0 Å². The number of ketones is 1. The molecule has 2 aromatic carbocycles. The maximum Gasteiger partial charge on any atom is 0.270 e. The standard InChI is InChI=1S/C18H14BrNO4/c1-11-17(22)20(10-15(21)12-6-8-13(19)9-7-12)18(23)14-4-2-3-5-16(14)24-11/h2-9,11H,10H2,1H3/t11-/m1/s1. The van der Waals surface area contributed by atoms with Crippen molar-refractivity contribution in [1.29, 1.82) is 0 Å². The second kappa shape index (κ2) is 6.57. The summed E-state index contributed by atoms with van der Waals surface area (Å²) in [6.07, 6.45) is -0.838. The van der Waals surface area contributed by atoms with E-state index in [-0.39, 0.29) is 17.9 Å². The van der Waals surface area contributed by atoms with Gasteiger partial charge in [-0.1, -0.05) is 40.2 Å². The monoisotopic (exact) mass is 387 g/mol. The molecular weight excluding hydrogens is 374 g/mol. The van der Waals surface area contributed by atoms with Crippen molar-refractivity contribution < 1.29 is 19.1 Å². The predicted octanol–water partition coefficient (Wildman–Crippen LogP) is 3.08. The molecule has 0 unspecified atom stereocenters. The smallest absolute Gasteiger partial charge is 0.270 e. The van der Waals surface area contributed by atoms with E-state index in [9.17, 15) is 14.4 Å². The lowest BCUT2D eigenvalue weighted by Crippen LogP contribution is -2.44.